The van der Waals surface area contributed by atoms with Crippen LogP contribution in [0.4, 0.5) is 13.2 Å². The van der Waals surface area contributed by atoms with E-state index in [-0.39, 0.29) is 0 Å². The minimum atomic E-state index is -3.26. The summed E-state index contributed by atoms with van der Waals surface area (Å²) in [5.41, 5.74) is -3.55. The van der Waals surface area contributed by atoms with E-state index in [0.29, 0.717) is 6.20 Å². The van der Waals surface area contributed by atoms with Crippen LogP contribution in [0.2, 0.25) is 0 Å². The summed E-state index contributed by atoms with van der Waals surface area (Å²) in [7, 11) is 0. The quantitative estimate of drug-likeness (QED) is 0.781. The lowest BCUT2D eigenvalue weighted by Crippen LogP contribution is -2.18. The summed E-state index contributed by atoms with van der Waals surface area (Å²) in [6.07, 6.45) is -2.75. The smallest absolute Gasteiger partial charge is 0.270 e. The minimum Gasteiger partial charge on any atom is -0.326 e. The van der Waals surface area contributed by atoms with E-state index in [4.69, 9.17) is 11.6 Å². The number of pyridine rings is 1. The van der Waals surface area contributed by atoms with Crippen molar-refractivity contribution in [2.24, 2.45) is 0 Å². The van der Waals surface area contributed by atoms with E-state index in [0.717, 1.165) is 0 Å². The molecule has 0 saturated carbocycles. The fourth-order valence-electron chi connectivity index (χ4n) is 0.929. The fourth-order valence-corrected chi connectivity index (χ4v) is 1.12. The van der Waals surface area contributed by atoms with E-state index in [1.165, 1.54) is 0 Å². The molecule has 0 radical (unpaired) electrons. The maximum absolute atomic E-state index is 12.8. The van der Waals surface area contributed by atoms with Crippen molar-refractivity contribution < 1.29 is 18.0 Å². The van der Waals surface area contributed by atoms with Crippen LogP contribution in [0.3, 0.4) is 0 Å². The Kier molecular flexibility index (Phi) is 2.95. The van der Waals surface area contributed by atoms with E-state index in [9.17, 15) is 22.8 Å². The lowest BCUT2D eigenvalue weighted by atomic mass is 10.1. The first-order valence-corrected chi connectivity index (χ1v) is 3.72. The molecule has 0 aliphatic rings. The molecule has 0 atom stereocenters. The van der Waals surface area contributed by atoms with Gasteiger partial charge in [-0.15, -0.1) is 0 Å². The van der Waals surface area contributed by atoms with Crippen LogP contribution in [-0.2, 0) is 0 Å². The van der Waals surface area contributed by atoms with Crippen molar-refractivity contribution in [2.75, 3.05) is 0 Å². The zero-order chi connectivity index (χ0) is 10.9. The molecular weight excluding hydrogens is 223 g/mol. The topological polar surface area (TPSA) is 49.9 Å². The van der Waals surface area contributed by atoms with Crippen molar-refractivity contribution in [1.29, 1.82) is 0 Å². The minimum absolute atomic E-state index is 0.504. The summed E-state index contributed by atoms with van der Waals surface area (Å²) in [6.45, 7) is 0. The molecule has 0 fully saturated rings. The standard InChI is InChI=1S/C7H3ClF3NO2/c8-5(13)3-2(9)1-12-7(14)4(3)6(10)11/h1,6H,(H,12,14). The number of aromatic nitrogens is 1. The van der Waals surface area contributed by atoms with Gasteiger partial charge in [-0.2, -0.15) is 0 Å². The molecule has 0 amide bonds. The number of nitrogens with one attached hydrogen (secondary N) is 1. The molecule has 3 nitrogen and oxygen atoms in total. The Morgan fingerprint density at radius 3 is 2.43 bits per heavy atom. The average Bonchev–Trinajstić information content (AvgIpc) is 2.07. The summed E-state index contributed by atoms with van der Waals surface area (Å²) in [5, 5.41) is -1.43. The Morgan fingerprint density at radius 1 is 1.50 bits per heavy atom. The van der Waals surface area contributed by atoms with Crippen LogP contribution in [0.1, 0.15) is 22.3 Å². The van der Waals surface area contributed by atoms with Gasteiger partial charge in [0.1, 0.15) is 0 Å². The number of halogens is 4. The summed E-state index contributed by atoms with van der Waals surface area (Å²) in [6, 6.07) is 0. The Morgan fingerprint density at radius 2 is 2.07 bits per heavy atom. The number of hydrogen-bond donors (Lipinski definition) is 1. The third-order valence-corrected chi connectivity index (χ3v) is 1.69. The first-order valence-electron chi connectivity index (χ1n) is 3.34. The highest BCUT2D eigenvalue weighted by Gasteiger charge is 2.24. The molecule has 7 heteroatoms. The maximum atomic E-state index is 12.8. The van der Waals surface area contributed by atoms with Gasteiger partial charge in [-0.25, -0.2) is 13.2 Å². The SMILES string of the molecule is O=C(Cl)c1c(F)c[nH]c(=O)c1C(F)F. The molecule has 0 aliphatic heterocycles. The van der Waals surface area contributed by atoms with Crippen molar-refractivity contribution >= 4 is 16.8 Å². The molecule has 14 heavy (non-hydrogen) atoms. The van der Waals surface area contributed by atoms with Gasteiger partial charge in [-0.3, -0.25) is 9.59 Å². The first kappa shape index (κ1) is 10.8. The Balaban J connectivity index is 3.58. The van der Waals surface area contributed by atoms with Crippen LogP contribution in [0.5, 0.6) is 0 Å². The molecule has 0 aromatic carbocycles. The van der Waals surface area contributed by atoms with Crippen LogP contribution in [0.15, 0.2) is 11.0 Å². The zero-order valence-corrected chi connectivity index (χ0v) is 7.24. The summed E-state index contributed by atoms with van der Waals surface area (Å²) >= 11 is 4.86. The van der Waals surface area contributed by atoms with E-state index in [1.54, 1.807) is 4.98 Å². The fraction of sp³-hybridized carbons (Fsp3) is 0.143. The van der Waals surface area contributed by atoms with Crippen LogP contribution in [-0.4, -0.2) is 10.2 Å². The number of H-pyrrole nitrogens is 1. The highest BCUT2D eigenvalue weighted by Crippen LogP contribution is 2.22. The first-order chi connectivity index (χ1) is 6.45. The highest BCUT2D eigenvalue weighted by molar-refractivity contribution is 6.67. The lowest BCUT2D eigenvalue weighted by molar-refractivity contribution is 0.106. The molecule has 76 valence electrons. The van der Waals surface area contributed by atoms with Crippen molar-refractivity contribution in [2.45, 2.75) is 6.43 Å². The van der Waals surface area contributed by atoms with Gasteiger partial charge in [0.2, 0.25) is 0 Å². The molecule has 0 spiro atoms. The molecule has 1 aromatic rings. The average molecular weight is 226 g/mol. The van der Waals surface area contributed by atoms with Crippen molar-refractivity contribution in [3.05, 3.63) is 33.5 Å². The zero-order valence-electron chi connectivity index (χ0n) is 6.48. The van der Waals surface area contributed by atoms with Crippen molar-refractivity contribution in [3.63, 3.8) is 0 Å². The number of alkyl halides is 2. The van der Waals surface area contributed by atoms with E-state index in [1.807, 2.05) is 0 Å². The van der Waals surface area contributed by atoms with Crippen LogP contribution in [0.25, 0.3) is 0 Å². The van der Waals surface area contributed by atoms with Gasteiger partial charge in [0.15, 0.2) is 5.82 Å². The number of aromatic amines is 1. The van der Waals surface area contributed by atoms with Crippen LogP contribution < -0.4 is 5.56 Å². The van der Waals surface area contributed by atoms with Gasteiger partial charge in [0, 0.05) is 6.20 Å². The molecule has 1 aromatic heterocycles. The van der Waals surface area contributed by atoms with Gasteiger partial charge in [0.25, 0.3) is 17.2 Å². The molecule has 1 rings (SSSR count). The number of hydrogen-bond acceptors (Lipinski definition) is 2. The van der Waals surface area contributed by atoms with E-state index >= 15 is 0 Å². The summed E-state index contributed by atoms with van der Waals surface area (Å²) < 4.78 is 37.3. The Labute approximate surface area is 80.5 Å². The second-order valence-electron chi connectivity index (χ2n) is 2.33. The molecule has 0 bridgehead atoms. The maximum Gasteiger partial charge on any atom is 0.270 e. The molecular formula is C7H3ClF3NO2. The van der Waals surface area contributed by atoms with Gasteiger partial charge in [0.05, 0.1) is 11.1 Å². The predicted octanol–water partition coefficient (Wildman–Crippen LogP) is 1.83. The Bertz CT molecular complexity index is 429. The second kappa shape index (κ2) is 3.83. The van der Waals surface area contributed by atoms with Crippen molar-refractivity contribution in [1.82, 2.24) is 4.98 Å². The number of carbonyl (C=O) groups is 1. The highest BCUT2D eigenvalue weighted by atomic mass is 35.5. The van der Waals surface area contributed by atoms with Gasteiger partial charge in [-0.1, -0.05) is 0 Å². The van der Waals surface area contributed by atoms with Gasteiger partial charge in [-0.05, 0) is 11.6 Å². The van der Waals surface area contributed by atoms with Gasteiger partial charge >= 0.3 is 0 Å². The monoisotopic (exact) mass is 225 g/mol. The normalized spacial score (nSPS) is 10.6. The largest absolute Gasteiger partial charge is 0.326 e. The number of carbonyl (C=O) groups excluding carboxylic acids is 1. The van der Waals surface area contributed by atoms with E-state index in [2.05, 4.69) is 0 Å². The van der Waals surface area contributed by atoms with E-state index < -0.39 is 34.2 Å². The third-order valence-electron chi connectivity index (χ3n) is 1.50. The summed E-state index contributed by atoms with van der Waals surface area (Å²) in [4.78, 5) is 23.1. The van der Waals surface area contributed by atoms with Crippen LogP contribution in [0, 0.1) is 5.82 Å². The molecule has 1 N–H and O–H groups in total. The predicted molar refractivity (Wildman–Crippen MR) is 42.2 cm³/mol. The lowest BCUT2D eigenvalue weighted by Gasteiger charge is -2.03. The molecule has 0 aliphatic carbocycles. The van der Waals surface area contributed by atoms with Crippen molar-refractivity contribution in [3.8, 4) is 0 Å². The van der Waals surface area contributed by atoms with Gasteiger partial charge < -0.3 is 4.98 Å². The molecule has 0 saturated heterocycles. The van der Waals surface area contributed by atoms with Crippen LogP contribution >= 0.6 is 11.6 Å². The summed E-state index contributed by atoms with van der Waals surface area (Å²) in [5.74, 6) is -1.28. The third kappa shape index (κ3) is 1.79. The Hall–Kier alpha value is -1.30. The second-order valence-corrected chi connectivity index (χ2v) is 2.67. The molecule has 0 unspecified atom stereocenters. The molecule has 1 heterocycles. The number of rotatable bonds is 2.